The largest absolute Gasteiger partial charge is 0.370 e. The van der Waals surface area contributed by atoms with Gasteiger partial charge in [0.25, 0.3) is 0 Å². The number of anilines is 2. The second kappa shape index (κ2) is 7.30. The highest BCUT2D eigenvalue weighted by Crippen LogP contribution is 2.16. The minimum Gasteiger partial charge on any atom is -0.370 e. The molecule has 2 rings (SSSR count). The highest BCUT2D eigenvalue weighted by molar-refractivity contribution is 5.49. The number of nitrogens with zero attached hydrogens (tertiary/aromatic N) is 3. The molecule has 1 N–H and O–H groups in total. The van der Waals surface area contributed by atoms with Crippen LogP contribution in [0, 0.1) is 11.3 Å². The van der Waals surface area contributed by atoms with Crippen molar-refractivity contribution in [2.75, 3.05) is 23.8 Å². The smallest absolute Gasteiger partial charge is 0.126 e. The second-order valence-corrected chi connectivity index (χ2v) is 4.96. The SMILES string of the molecule is CCCNc1cccc(CN(C)c2ccc(C#N)cc2)n1. The van der Waals surface area contributed by atoms with Crippen LogP contribution in [0.1, 0.15) is 24.6 Å². The lowest BCUT2D eigenvalue weighted by Crippen LogP contribution is -2.17. The van der Waals surface area contributed by atoms with Crippen molar-refractivity contribution in [1.82, 2.24) is 4.98 Å². The summed E-state index contributed by atoms with van der Waals surface area (Å²) < 4.78 is 0. The first-order chi connectivity index (χ1) is 10.2. The third kappa shape index (κ3) is 4.22. The summed E-state index contributed by atoms with van der Waals surface area (Å²) in [6.45, 7) is 3.80. The lowest BCUT2D eigenvalue weighted by Gasteiger charge is -2.19. The van der Waals surface area contributed by atoms with E-state index in [4.69, 9.17) is 5.26 Å². The maximum Gasteiger partial charge on any atom is 0.126 e. The lowest BCUT2D eigenvalue weighted by atomic mass is 10.2. The normalized spacial score (nSPS) is 9.95. The van der Waals surface area contributed by atoms with Crippen molar-refractivity contribution in [2.45, 2.75) is 19.9 Å². The number of benzene rings is 1. The molecule has 108 valence electrons. The van der Waals surface area contributed by atoms with E-state index in [1.54, 1.807) is 0 Å². The number of hydrogen-bond donors (Lipinski definition) is 1. The molecular weight excluding hydrogens is 260 g/mol. The van der Waals surface area contributed by atoms with Gasteiger partial charge in [-0.2, -0.15) is 5.26 Å². The first-order valence-electron chi connectivity index (χ1n) is 7.14. The Bertz CT molecular complexity index is 613. The van der Waals surface area contributed by atoms with E-state index in [-0.39, 0.29) is 0 Å². The average molecular weight is 280 g/mol. The average Bonchev–Trinajstić information content (AvgIpc) is 2.53. The number of nitriles is 1. The zero-order valence-corrected chi connectivity index (χ0v) is 12.5. The Labute approximate surface area is 126 Å². The van der Waals surface area contributed by atoms with Crippen LogP contribution >= 0.6 is 0 Å². The van der Waals surface area contributed by atoms with Gasteiger partial charge >= 0.3 is 0 Å². The van der Waals surface area contributed by atoms with E-state index in [0.29, 0.717) is 5.56 Å². The molecule has 21 heavy (non-hydrogen) atoms. The molecule has 0 atom stereocenters. The zero-order chi connectivity index (χ0) is 15.1. The summed E-state index contributed by atoms with van der Waals surface area (Å²) in [4.78, 5) is 6.72. The van der Waals surface area contributed by atoms with Gasteiger partial charge in [0.2, 0.25) is 0 Å². The molecule has 0 bridgehead atoms. The van der Waals surface area contributed by atoms with Gasteiger partial charge in [0.1, 0.15) is 5.82 Å². The molecule has 0 saturated carbocycles. The van der Waals surface area contributed by atoms with E-state index in [9.17, 15) is 0 Å². The van der Waals surface area contributed by atoms with Crippen LogP contribution in [0.25, 0.3) is 0 Å². The van der Waals surface area contributed by atoms with Crippen LogP contribution in [0.2, 0.25) is 0 Å². The fraction of sp³-hybridized carbons (Fsp3) is 0.294. The van der Waals surface area contributed by atoms with Crippen molar-refractivity contribution < 1.29 is 0 Å². The van der Waals surface area contributed by atoms with Crippen molar-refractivity contribution in [2.24, 2.45) is 0 Å². The van der Waals surface area contributed by atoms with Crippen LogP contribution in [0.3, 0.4) is 0 Å². The van der Waals surface area contributed by atoms with Crippen LogP contribution in [-0.2, 0) is 6.54 Å². The number of rotatable bonds is 6. The molecule has 0 spiro atoms. The molecule has 0 radical (unpaired) electrons. The Morgan fingerprint density at radius 1 is 1.19 bits per heavy atom. The molecule has 0 aliphatic rings. The van der Waals surface area contributed by atoms with Gasteiger partial charge in [-0.05, 0) is 42.8 Å². The van der Waals surface area contributed by atoms with E-state index in [2.05, 4.69) is 28.2 Å². The molecule has 1 aromatic heterocycles. The summed E-state index contributed by atoms with van der Waals surface area (Å²) in [6, 6.07) is 15.7. The van der Waals surface area contributed by atoms with E-state index < -0.39 is 0 Å². The molecule has 2 aromatic rings. The van der Waals surface area contributed by atoms with E-state index >= 15 is 0 Å². The molecule has 0 unspecified atom stereocenters. The minimum atomic E-state index is 0.677. The minimum absolute atomic E-state index is 0.677. The first-order valence-corrected chi connectivity index (χ1v) is 7.14. The molecular formula is C17H20N4. The van der Waals surface area contributed by atoms with Crippen molar-refractivity contribution >= 4 is 11.5 Å². The van der Waals surface area contributed by atoms with Crippen molar-refractivity contribution in [3.05, 3.63) is 53.7 Å². The van der Waals surface area contributed by atoms with Gasteiger partial charge in [-0.25, -0.2) is 4.98 Å². The summed E-state index contributed by atoms with van der Waals surface area (Å²) in [7, 11) is 2.02. The highest BCUT2D eigenvalue weighted by Gasteiger charge is 2.04. The molecule has 0 fully saturated rings. The Hall–Kier alpha value is -2.54. The van der Waals surface area contributed by atoms with Gasteiger partial charge in [-0.1, -0.05) is 13.0 Å². The van der Waals surface area contributed by atoms with Crippen LogP contribution in [0.15, 0.2) is 42.5 Å². The third-order valence-corrected chi connectivity index (χ3v) is 3.20. The van der Waals surface area contributed by atoms with E-state index in [1.165, 1.54) is 0 Å². The summed E-state index contributed by atoms with van der Waals surface area (Å²) >= 11 is 0. The number of aromatic nitrogens is 1. The quantitative estimate of drug-likeness (QED) is 0.881. The second-order valence-electron chi connectivity index (χ2n) is 4.96. The number of hydrogen-bond acceptors (Lipinski definition) is 4. The molecule has 0 aliphatic carbocycles. The van der Waals surface area contributed by atoms with E-state index in [0.717, 1.165) is 36.7 Å². The summed E-state index contributed by atoms with van der Waals surface area (Å²) in [5, 5.41) is 12.1. The molecule has 1 aromatic carbocycles. The van der Waals surface area contributed by atoms with Gasteiger partial charge < -0.3 is 10.2 Å². The van der Waals surface area contributed by atoms with Gasteiger partial charge in [0.15, 0.2) is 0 Å². The fourth-order valence-corrected chi connectivity index (χ4v) is 2.04. The molecule has 4 nitrogen and oxygen atoms in total. The van der Waals surface area contributed by atoms with Gasteiger partial charge in [0.05, 0.1) is 23.9 Å². The number of pyridine rings is 1. The molecule has 4 heteroatoms. The van der Waals surface area contributed by atoms with Crippen LogP contribution in [-0.4, -0.2) is 18.6 Å². The topological polar surface area (TPSA) is 52.0 Å². The Morgan fingerprint density at radius 2 is 1.95 bits per heavy atom. The van der Waals surface area contributed by atoms with Crippen LogP contribution in [0.4, 0.5) is 11.5 Å². The summed E-state index contributed by atoms with van der Waals surface area (Å²) in [5.41, 5.74) is 2.77. The molecule has 0 aliphatic heterocycles. The maximum atomic E-state index is 8.82. The lowest BCUT2D eigenvalue weighted by molar-refractivity contribution is 0.880. The predicted molar refractivity (Wildman–Crippen MR) is 86.3 cm³/mol. The Morgan fingerprint density at radius 3 is 2.62 bits per heavy atom. The Kier molecular flexibility index (Phi) is 5.16. The monoisotopic (exact) mass is 280 g/mol. The zero-order valence-electron chi connectivity index (χ0n) is 12.5. The fourth-order valence-electron chi connectivity index (χ4n) is 2.04. The van der Waals surface area contributed by atoms with Gasteiger partial charge in [0, 0.05) is 19.3 Å². The standard InChI is InChI=1S/C17H20N4/c1-3-11-19-17-6-4-5-15(20-17)13-21(2)16-9-7-14(12-18)8-10-16/h4-10H,3,11,13H2,1-2H3,(H,19,20). The van der Waals surface area contributed by atoms with Crippen molar-refractivity contribution in [3.8, 4) is 6.07 Å². The number of nitrogens with one attached hydrogen (secondary N) is 1. The molecule has 1 heterocycles. The van der Waals surface area contributed by atoms with E-state index in [1.807, 2.05) is 49.5 Å². The van der Waals surface area contributed by atoms with Crippen molar-refractivity contribution in [3.63, 3.8) is 0 Å². The van der Waals surface area contributed by atoms with Gasteiger partial charge in [-0.15, -0.1) is 0 Å². The molecule has 0 amide bonds. The third-order valence-electron chi connectivity index (χ3n) is 3.20. The Balaban J connectivity index is 2.04. The maximum absolute atomic E-state index is 8.82. The molecule has 0 saturated heterocycles. The summed E-state index contributed by atoms with van der Waals surface area (Å²) in [6.07, 6.45) is 1.08. The van der Waals surface area contributed by atoms with Crippen LogP contribution in [0.5, 0.6) is 0 Å². The summed E-state index contributed by atoms with van der Waals surface area (Å²) in [5.74, 6) is 0.919. The van der Waals surface area contributed by atoms with Crippen molar-refractivity contribution in [1.29, 1.82) is 5.26 Å². The van der Waals surface area contributed by atoms with Crippen LogP contribution < -0.4 is 10.2 Å². The van der Waals surface area contributed by atoms with Gasteiger partial charge in [-0.3, -0.25) is 0 Å². The predicted octanol–water partition coefficient (Wildman–Crippen LogP) is 3.41. The highest BCUT2D eigenvalue weighted by atomic mass is 15.1. The first kappa shape index (κ1) is 14.9.